The predicted octanol–water partition coefficient (Wildman–Crippen LogP) is 3.69. The van der Waals surface area contributed by atoms with Crippen LogP contribution in [0.4, 0.5) is 17.6 Å². The SMILES string of the molecule is FC(F)(I)C(F)(F)Oc1ccccc1. The third kappa shape index (κ3) is 2.73. The van der Waals surface area contributed by atoms with E-state index < -0.39 is 10.0 Å². The highest BCUT2D eigenvalue weighted by Crippen LogP contribution is 2.40. The molecule has 1 aromatic carbocycles. The summed E-state index contributed by atoms with van der Waals surface area (Å²) in [5.74, 6) is -0.297. The summed E-state index contributed by atoms with van der Waals surface area (Å²) in [5.41, 5.74) is 0. The van der Waals surface area contributed by atoms with Gasteiger partial charge in [0.05, 0.1) is 0 Å². The maximum atomic E-state index is 12.6. The first-order chi connectivity index (χ1) is 6.33. The van der Waals surface area contributed by atoms with Crippen LogP contribution in [0.15, 0.2) is 30.3 Å². The Hall–Kier alpha value is -0.530. The van der Waals surface area contributed by atoms with E-state index in [0.29, 0.717) is 22.6 Å². The second kappa shape index (κ2) is 3.92. The molecule has 78 valence electrons. The topological polar surface area (TPSA) is 9.23 Å². The van der Waals surface area contributed by atoms with Gasteiger partial charge in [0.25, 0.3) is 0 Å². The van der Waals surface area contributed by atoms with Gasteiger partial charge in [-0.3, -0.25) is 0 Å². The first-order valence-corrected chi connectivity index (χ1v) is 4.59. The number of hydrogen-bond donors (Lipinski definition) is 0. The van der Waals surface area contributed by atoms with Gasteiger partial charge in [0, 0.05) is 22.6 Å². The Labute approximate surface area is 91.2 Å². The quantitative estimate of drug-likeness (QED) is 0.469. The van der Waals surface area contributed by atoms with Crippen LogP contribution in [0.5, 0.6) is 5.75 Å². The molecule has 0 unspecified atom stereocenters. The van der Waals surface area contributed by atoms with Crippen LogP contribution in [0.25, 0.3) is 0 Å². The minimum absolute atomic E-state index is 0.297. The van der Waals surface area contributed by atoms with Crippen molar-refractivity contribution in [1.29, 1.82) is 0 Å². The van der Waals surface area contributed by atoms with E-state index in [4.69, 9.17) is 0 Å². The Morgan fingerprint density at radius 1 is 1.00 bits per heavy atom. The van der Waals surface area contributed by atoms with Gasteiger partial charge in [-0.15, -0.1) is 0 Å². The van der Waals surface area contributed by atoms with Gasteiger partial charge >= 0.3 is 10.0 Å². The van der Waals surface area contributed by atoms with Gasteiger partial charge in [-0.1, -0.05) is 18.2 Å². The van der Waals surface area contributed by atoms with Crippen molar-refractivity contribution in [3.05, 3.63) is 30.3 Å². The van der Waals surface area contributed by atoms with Crippen molar-refractivity contribution >= 4 is 22.6 Å². The smallest absolute Gasteiger partial charge is 0.427 e. The number of halogens is 5. The van der Waals surface area contributed by atoms with Gasteiger partial charge in [-0.25, -0.2) is 0 Å². The number of rotatable bonds is 3. The number of benzene rings is 1. The summed E-state index contributed by atoms with van der Waals surface area (Å²) in [5, 5.41) is 0. The molecule has 0 saturated heterocycles. The maximum absolute atomic E-state index is 12.6. The van der Waals surface area contributed by atoms with E-state index in [0.717, 1.165) is 0 Å². The van der Waals surface area contributed by atoms with Crippen LogP contribution in [0.3, 0.4) is 0 Å². The fourth-order valence-corrected chi connectivity index (χ4v) is 0.805. The Morgan fingerprint density at radius 2 is 1.50 bits per heavy atom. The molecule has 0 aliphatic carbocycles. The fraction of sp³-hybridized carbons (Fsp3) is 0.250. The zero-order valence-electron chi connectivity index (χ0n) is 6.68. The van der Waals surface area contributed by atoms with Crippen molar-refractivity contribution in [2.24, 2.45) is 0 Å². The number of alkyl halides is 5. The molecule has 0 heterocycles. The van der Waals surface area contributed by atoms with Gasteiger partial charge in [0.2, 0.25) is 0 Å². The second-order valence-electron chi connectivity index (χ2n) is 2.43. The molecule has 1 rings (SSSR count). The van der Waals surface area contributed by atoms with E-state index in [1.165, 1.54) is 24.3 Å². The van der Waals surface area contributed by atoms with Gasteiger partial charge in [-0.2, -0.15) is 17.6 Å². The van der Waals surface area contributed by atoms with Crippen LogP contribution in [0, 0.1) is 0 Å². The summed E-state index contributed by atoms with van der Waals surface area (Å²) >= 11 is 0.338. The second-order valence-corrected chi connectivity index (χ2v) is 3.78. The first-order valence-electron chi connectivity index (χ1n) is 3.51. The standard InChI is InChI=1S/C8H5F4IO/c9-7(10,13)8(11,12)14-6-4-2-1-3-5-6/h1-5H. The highest BCUT2D eigenvalue weighted by Gasteiger charge is 2.57. The van der Waals surface area contributed by atoms with Crippen LogP contribution in [-0.4, -0.2) is 10.0 Å². The van der Waals surface area contributed by atoms with Crippen LogP contribution in [0.1, 0.15) is 0 Å². The highest BCUT2D eigenvalue weighted by atomic mass is 127. The van der Waals surface area contributed by atoms with E-state index >= 15 is 0 Å². The monoisotopic (exact) mass is 320 g/mol. The Balaban J connectivity index is 2.79. The fourth-order valence-electron chi connectivity index (χ4n) is 0.694. The molecule has 0 spiro atoms. The van der Waals surface area contributed by atoms with E-state index in [1.54, 1.807) is 6.07 Å². The lowest BCUT2D eigenvalue weighted by atomic mass is 10.3. The average molecular weight is 320 g/mol. The summed E-state index contributed by atoms with van der Waals surface area (Å²) in [6, 6.07) is 6.74. The number of para-hydroxylation sites is 1. The van der Waals surface area contributed by atoms with E-state index in [-0.39, 0.29) is 5.75 Å². The van der Waals surface area contributed by atoms with Crippen LogP contribution in [-0.2, 0) is 0 Å². The lowest BCUT2D eigenvalue weighted by Crippen LogP contribution is -2.40. The van der Waals surface area contributed by atoms with Crippen LogP contribution < -0.4 is 4.74 Å². The first kappa shape index (κ1) is 11.5. The van der Waals surface area contributed by atoms with Crippen molar-refractivity contribution < 1.29 is 22.3 Å². The normalized spacial score (nSPS) is 12.6. The molecule has 6 heteroatoms. The van der Waals surface area contributed by atoms with Crippen LogP contribution >= 0.6 is 22.6 Å². The molecule has 0 aromatic heterocycles. The molecule has 0 atom stereocenters. The zero-order chi connectivity index (χ0) is 10.8. The van der Waals surface area contributed by atoms with E-state index in [9.17, 15) is 17.6 Å². The Morgan fingerprint density at radius 3 is 1.93 bits per heavy atom. The third-order valence-electron chi connectivity index (χ3n) is 1.32. The Bertz CT molecular complexity index is 296. The third-order valence-corrected chi connectivity index (χ3v) is 1.95. The van der Waals surface area contributed by atoms with E-state index in [1.807, 2.05) is 0 Å². The molecular weight excluding hydrogens is 315 g/mol. The highest BCUT2D eigenvalue weighted by molar-refractivity contribution is 14.1. The van der Waals surface area contributed by atoms with Gasteiger partial charge in [0.1, 0.15) is 5.75 Å². The Kier molecular flexibility index (Phi) is 3.23. The number of hydrogen-bond acceptors (Lipinski definition) is 1. The minimum atomic E-state index is -4.51. The van der Waals surface area contributed by atoms with Crippen molar-refractivity contribution in [3.63, 3.8) is 0 Å². The zero-order valence-corrected chi connectivity index (χ0v) is 8.84. The van der Waals surface area contributed by atoms with Gasteiger partial charge < -0.3 is 4.74 Å². The molecule has 0 aliphatic heterocycles. The van der Waals surface area contributed by atoms with Crippen LogP contribution in [0.2, 0.25) is 0 Å². The van der Waals surface area contributed by atoms with Crippen molar-refractivity contribution in [1.82, 2.24) is 0 Å². The largest absolute Gasteiger partial charge is 0.474 e. The molecule has 0 radical (unpaired) electrons. The molecule has 14 heavy (non-hydrogen) atoms. The lowest BCUT2D eigenvalue weighted by Gasteiger charge is -2.21. The lowest BCUT2D eigenvalue weighted by molar-refractivity contribution is -0.261. The summed E-state index contributed by atoms with van der Waals surface area (Å²) in [6.07, 6.45) is -4.51. The molecule has 0 fully saturated rings. The molecule has 0 aliphatic rings. The van der Waals surface area contributed by atoms with Crippen molar-refractivity contribution in [3.8, 4) is 5.75 Å². The van der Waals surface area contributed by atoms with Gasteiger partial charge in [-0.05, 0) is 12.1 Å². The molecule has 0 N–H and O–H groups in total. The molecule has 0 bridgehead atoms. The van der Waals surface area contributed by atoms with E-state index in [2.05, 4.69) is 4.74 Å². The summed E-state index contributed by atoms with van der Waals surface area (Å²) in [7, 11) is 0. The molecular formula is C8H5F4IO. The number of ether oxygens (including phenoxy) is 1. The molecule has 1 nitrogen and oxygen atoms in total. The maximum Gasteiger partial charge on any atom is 0.474 e. The minimum Gasteiger partial charge on any atom is -0.427 e. The van der Waals surface area contributed by atoms with Gasteiger partial charge in [0.15, 0.2) is 0 Å². The summed E-state index contributed by atoms with van der Waals surface area (Å²) < 4.78 is 49.5. The van der Waals surface area contributed by atoms with Crippen molar-refractivity contribution in [2.75, 3.05) is 0 Å². The average Bonchev–Trinajstić information content (AvgIpc) is 2.03. The predicted molar refractivity (Wildman–Crippen MR) is 51.0 cm³/mol. The molecule has 1 aromatic rings. The molecule has 0 saturated carbocycles. The summed E-state index contributed by atoms with van der Waals surface area (Å²) in [6.45, 7) is 0. The molecule has 0 amide bonds. The summed E-state index contributed by atoms with van der Waals surface area (Å²) in [4.78, 5) is 0. The van der Waals surface area contributed by atoms with Crippen molar-refractivity contribution in [2.45, 2.75) is 10.0 Å².